The Morgan fingerprint density at radius 2 is 1.83 bits per heavy atom. The van der Waals surface area contributed by atoms with E-state index in [1.165, 1.54) is 0 Å². The van der Waals surface area contributed by atoms with Crippen LogP contribution in [-0.4, -0.2) is 28.7 Å². The number of thioether (sulfide) groups is 1. The molecule has 1 atom stereocenters. The molecule has 0 amide bonds. The van der Waals surface area contributed by atoms with Crippen LogP contribution in [0.5, 0.6) is 0 Å². The van der Waals surface area contributed by atoms with Gasteiger partial charge >= 0.3 is 12.1 Å². The van der Waals surface area contributed by atoms with Gasteiger partial charge in [0.15, 0.2) is 0 Å². The fraction of sp³-hybridized carbons (Fsp3) is 0.917. The van der Waals surface area contributed by atoms with E-state index < -0.39 is 29.4 Å². The van der Waals surface area contributed by atoms with Gasteiger partial charge in [0.25, 0.3) is 0 Å². The van der Waals surface area contributed by atoms with Gasteiger partial charge in [-0.15, -0.1) is 11.8 Å². The number of alkyl halides is 3. The largest absolute Gasteiger partial charge is 0.459 e. The second-order valence-corrected chi connectivity index (χ2v) is 6.36. The van der Waals surface area contributed by atoms with E-state index in [4.69, 9.17) is 4.74 Å². The smallest absolute Gasteiger partial charge is 0.389 e. The molecule has 0 fully saturated rings. The van der Waals surface area contributed by atoms with Crippen LogP contribution in [0.2, 0.25) is 0 Å². The molecule has 0 aliphatic rings. The maximum absolute atomic E-state index is 12.0. The third-order valence-electron chi connectivity index (χ3n) is 1.93. The Kier molecular flexibility index (Phi) is 7.10. The van der Waals surface area contributed by atoms with E-state index in [1.54, 1.807) is 20.8 Å². The van der Waals surface area contributed by atoms with Crippen molar-refractivity contribution in [1.29, 1.82) is 0 Å². The second kappa shape index (κ2) is 7.26. The minimum Gasteiger partial charge on any atom is -0.459 e. The lowest BCUT2D eigenvalue weighted by Crippen LogP contribution is -2.30. The molecule has 0 aromatic rings. The van der Waals surface area contributed by atoms with E-state index in [-0.39, 0.29) is 5.75 Å². The monoisotopic (exact) mass is 286 g/mol. The summed E-state index contributed by atoms with van der Waals surface area (Å²) in [6.45, 7) is 7.12. The van der Waals surface area contributed by atoms with Crippen LogP contribution >= 0.6 is 11.8 Å². The third-order valence-corrected chi connectivity index (χ3v) is 3.20. The normalized spacial score (nSPS) is 14.4. The van der Waals surface area contributed by atoms with Gasteiger partial charge in [0, 0.05) is 5.75 Å². The Labute approximate surface area is 111 Å². The molecular weight excluding hydrogens is 265 g/mol. The van der Waals surface area contributed by atoms with Crippen LogP contribution < -0.4 is 0 Å². The first-order valence-corrected chi connectivity index (χ1v) is 7.01. The summed E-state index contributed by atoms with van der Waals surface area (Å²) < 4.78 is 41.3. The first-order valence-electron chi connectivity index (χ1n) is 5.96. The molecule has 18 heavy (non-hydrogen) atoms. The lowest BCUT2D eigenvalue weighted by molar-refractivity contribution is -0.154. The zero-order valence-electron chi connectivity index (χ0n) is 11.3. The maximum atomic E-state index is 12.0. The predicted octanol–water partition coefficient (Wildman–Crippen LogP) is 4.18. The molecule has 0 aliphatic heterocycles. The van der Waals surface area contributed by atoms with Gasteiger partial charge in [-0.05, 0) is 27.2 Å². The highest BCUT2D eigenvalue weighted by Gasteiger charge is 2.29. The number of carbonyl (C=O) groups is 1. The number of hydrogen-bond acceptors (Lipinski definition) is 3. The summed E-state index contributed by atoms with van der Waals surface area (Å²) in [4.78, 5) is 11.8. The minimum absolute atomic E-state index is 0.104. The average molecular weight is 286 g/mol. The van der Waals surface area contributed by atoms with E-state index in [1.807, 2.05) is 6.92 Å². The third kappa shape index (κ3) is 9.62. The SMILES string of the molecule is CCCC(SCCC(F)(F)F)C(=O)OC(C)(C)C. The molecule has 0 rings (SSSR count). The van der Waals surface area contributed by atoms with Gasteiger partial charge in [0.2, 0.25) is 0 Å². The summed E-state index contributed by atoms with van der Waals surface area (Å²) >= 11 is 1.03. The van der Waals surface area contributed by atoms with Crippen molar-refractivity contribution in [2.45, 2.75) is 64.0 Å². The Morgan fingerprint density at radius 3 is 2.22 bits per heavy atom. The van der Waals surface area contributed by atoms with Gasteiger partial charge in [-0.3, -0.25) is 4.79 Å². The number of hydrogen-bond donors (Lipinski definition) is 0. The Morgan fingerprint density at radius 1 is 1.28 bits per heavy atom. The number of halogens is 3. The van der Waals surface area contributed by atoms with E-state index in [2.05, 4.69) is 0 Å². The van der Waals surface area contributed by atoms with Crippen LogP contribution in [0.15, 0.2) is 0 Å². The van der Waals surface area contributed by atoms with Crippen molar-refractivity contribution in [1.82, 2.24) is 0 Å². The van der Waals surface area contributed by atoms with Crippen molar-refractivity contribution < 1.29 is 22.7 Å². The number of carbonyl (C=O) groups excluding carboxylic acids is 1. The molecule has 0 aromatic carbocycles. The molecule has 0 N–H and O–H groups in total. The highest BCUT2D eigenvalue weighted by molar-refractivity contribution is 8.00. The van der Waals surface area contributed by atoms with E-state index in [0.717, 1.165) is 18.2 Å². The first-order chi connectivity index (χ1) is 8.05. The fourth-order valence-electron chi connectivity index (χ4n) is 1.22. The molecule has 0 radical (unpaired) electrons. The maximum Gasteiger partial charge on any atom is 0.389 e. The fourth-order valence-corrected chi connectivity index (χ4v) is 2.44. The van der Waals surface area contributed by atoms with E-state index in [9.17, 15) is 18.0 Å². The Bertz CT molecular complexity index is 259. The predicted molar refractivity (Wildman–Crippen MR) is 67.7 cm³/mol. The number of esters is 1. The molecule has 2 nitrogen and oxygen atoms in total. The lowest BCUT2D eigenvalue weighted by Gasteiger charge is -2.23. The Hall–Kier alpha value is -0.390. The zero-order valence-corrected chi connectivity index (χ0v) is 12.1. The zero-order chi connectivity index (χ0) is 14.4. The van der Waals surface area contributed by atoms with Crippen molar-refractivity contribution in [3.8, 4) is 0 Å². The van der Waals surface area contributed by atoms with Crippen molar-refractivity contribution in [2.24, 2.45) is 0 Å². The summed E-state index contributed by atoms with van der Waals surface area (Å²) in [6, 6.07) is 0. The summed E-state index contributed by atoms with van der Waals surface area (Å²) in [7, 11) is 0. The van der Waals surface area contributed by atoms with E-state index >= 15 is 0 Å². The summed E-state index contributed by atoms with van der Waals surface area (Å²) in [5.41, 5.74) is -0.604. The molecule has 0 heterocycles. The van der Waals surface area contributed by atoms with Gasteiger partial charge in [-0.2, -0.15) is 13.2 Å². The topological polar surface area (TPSA) is 26.3 Å². The molecule has 0 bridgehead atoms. The molecular formula is C12H21F3O2S. The van der Waals surface area contributed by atoms with Crippen molar-refractivity contribution >= 4 is 17.7 Å². The molecule has 6 heteroatoms. The van der Waals surface area contributed by atoms with Gasteiger partial charge in [-0.25, -0.2) is 0 Å². The quantitative estimate of drug-likeness (QED) is 0.685. The highest BCUT2D eigenvalue weighted by Crippen LogP contribution is 2.26. The molecule has 108 valence electrons. The summed E-state index contributed by atoms with van der Waals surface area (Å²) in [6.07, 6.45) is -3.77. The first kappa shape index (κ1) is 17.6. The number of ether oxygens (including phenoxy) is 1. The molecule has 0 aromatic heterocycles. The molecule has 0 spiro atoms. The Balaban J connectivity index is 4.25. The summed E-state index contributed by atoms with van der Waals surface area (Å²) in [5.74, 6) is -0.524. The van der Waals surface area contributed by atoms with Crippen molar-refractivity contribution in [3.05, 3.63) is 0 Å². The molecule has 0 saturated carbocycles. The van der Waals surface area contributed by atoms with Gasteiger partial charge in [-0.1, -0.05) is 13.3 Å². The van der Waals surface area contributed by atoms with Crippen LogP contribution in [0, 0.1) is 0 Å². The molecule has 1 unspecified atom stereocenters. The number of rotatable bonds is 6. The van der Waals surface area contributed by atoms with Crippen molar-refractivity contribution in [2.75, 3.05) is 5.75 Å². The lowest BCUT2D eigenvalue weighted by atomic mass is 10.2. The highest BCUT2D eigenvalue weighted by atomic mass is 32.2. The van der Waals surface area contributed by atoms with Crippen LogP contribution in [0.1, 0.15) is 47.0 Å². The van der Waals surface area contributed by atoms with Crippen LogP contribution in [0.25, 0.3) is 0 Å². The second-order valence-electron chi connectivity index (χ2n) is 5.05. The van der Waals surface area contributed by atoms with Crippen LogP contribution in [0.3, 0.4) is 0 Å². The van der Waals surface area contributed by atoms with Crippen LogP contribution in [-0.2, 0) is 9.53 Å². The standard InChI is InChI=1S/C12H21F3O2S/c1-5-6-9(10(16)17-11(2,3)4)18-8-7-12(13,14)15/h9H,5-8H2,1-4H3. The van der Waals surface area contributed by atoms with Crippen molar-refractivity contribution in [3.63, 3.8) is 0 Å². The molecule has 0 saturated heterocycles. The van der Waals surface area contributed by atoms with Gasteiger partial charge in [0.05, 0.1) is 6.42 Å². The van der Waals surface area contributed by atoms with Crippen LogP contribution in [0.4, 0.5) is 13.2 Å². The average Bonchev–Trinajstić information content (AvgIpc) is 2.11. The molecule has 0 aliphatic carbocycles. The van der Waals surface area contributed by atoms with Gasteiger partial charge in [0.1, 0.15) is 10.9 Å². The van der Waals surface area contributed by atoms with Gasteiger partial charge < -0.3 is 4.74 Å². The van der Waals surface area contributed by atoms with E-state index in [0.29, 0.717) is 6.42 Å². The summed E-state index contributed by atoms with van der Waals surface area (Å²) in [5, 5.41) is -0.503. The minimum atomic E-state index is -4.17.